The summed E-state index contributed by atoms with van der Waals surface area (Å²) >= 11 is 0. The molecule has 0 bridgehead atoms. The zero-order valence-electron chi connectivity index (χ0n) is 11.3. The highest BCUT2D eigenvalue weighted by Gasteiger charge is 2.15. The minimum atomic E-state index is -0.182. The fourth-order valence-electron chi connectivity index (χ4n) is 2.42. The molecule has 1 aromatic heterocycles. The molecule has 2 amide bonds. The summed E-state index contributed by atoms with van der Waals surface area (Å²) in [5.41, 5.74) is 0.594. The lowest BCUT2D eigenvalue weighted by Gasteiger charge is -2.17. The molecule has 1 aliphatic rings. The van der Waals surface area contributed by atoms with Gasteiger partial charge in [-0.2, -0.15) is 0 Å². The Hall–Kier alpha value is -1.78. The van der Waals surface area contributed by atoms with E-state index in [1.54, 1.807) is 18.3 Å². The Balaban J connectivity index is 1.89. The summed E-state index contributed by atoms with van der Waals surface area (Å²) in [4.78, 5) is 16.0. The standard InChI is InChI=1S/C14H21N3O2/c1-19-13-12(9-6-10-15-13)17-14(18)16-11-7-4-2-3-5-8-11/h6,9-11H,2-5,7-8H2,1H3,(H2,16,17,18). The van der Waals surface area contributed by atoms with Crippen LogP contribution in [0.2, 0.25) is 0 Å². The molecular formula is C14H21N3O2. The van der Waals surface area contributed by atoms with Gasteiger partial charge in [-0.3, -0.25) is 0 Å². The van der Waals surface area contributed by atoms with Crippen molar-refractivity contribution in [2.75, 3.05) is 12.4 Å². The average molecular weight is 263 g/mol. The summed E-state index contributed by atoms with van der Waals surface area (Å²) in [6.45, 7) is 0. The number of methoxy groups -OCH3 is 1. The molecule has 0 radical (unpaired) electrons. The number of pyridine rings is 1. The summed E-state index contributed by atoms with van der Waals surface area (Å²) in [6.07, 6.45) is 8.71. The minimum Gasteiger partial charge on any atom is -0.480 e. The van der Waals surface area contributed by atoms with E-state index in [2.05, 4.69) is 15.6 Å². The van der Waals surface area contributed by atoms with E-state index in [1.807, 2.05) is 0 Å². The number of anilines is 1. The molecule has 1 aliphatic carbocycles. The zero-order valence-corrected chi connectivity index (χ0v) is 11.3. The van der Waals surface area contributed by atoms with Gasteiger partial charge in [0.15, 0.2) is 0 Å². The second-order valence-corrected chi connectivity index (χ2v) is 4.85. The minimum absolute atomic E-state index is 0.182. The van der Waals surface area contributed by atoms with E-state index >= 15 is 0 Å². The number of aromatic nitrogens is 1. The Kier molecular flexibility index (Phi) is 5.01. The second kappa shape index (κ2) is 6.97. The molecule has 1 aromatic rings. The molecule has 2 rings (SSSR count). The highest BCUT2D eigenvalue weighted by Crippen LogP contribution is 2.20. The molecule has 19 heavy (non-hydrogen) atoms. The van der Waals surface area contributed by atoms with Gasteiger partial charge in [-0.15, -0.1) is 0 Å². The van der Waals surface area contributed by atoms with Crippen LogP contribution in [0, 0.1) is 0 Å². The third-order valence-electron chi connectivity index (χ3n) is 3.40. The largest absolute Gasteiger partial charge is 0.480 e. The lowest BCUT2D eigenvalue weighted by molar-refractivity contribution is 0.247. The Morgan fingerprint density at radius 3 is 2.74 bits per heavy atom. The van der Waals surface area contributed by atoms with Crippen molar-refractivity contribution in [3.8, 4) is 5.88 Å². The van der Waals surface area contributed by atoms with Crippen LogP contribution in [-0.2, 0) is 0 Å². The third kappa shape index (κ3) is 4.12. The Bertz CT molecular complexity index is 415. The lowest BCUT2D eigenvalue weighted by Crippen LogP contribution is -2.37. The number of carbonyl (C=O) groups is 1. The maximum atomic E-state index is 12.0. The highest BCUT2D eigenvalue weighted by atomic mass is 16.5. The summed E-state index contributed by atoms with van der Waals surface area (Å²) < 4.78 is 5.10. The van der Waals surface area contributed by atoms with Crippen molar-refractivity contribution >= 4 is 11.7 Å². The quantitative estimate of drug-likeness (QED) is 0.824. The monoisotopic (exact) mass is 263 g/mol. The normalized spacial score (nSPS) is 16.5. The van der Waals surface area contributed by atoms with Crippen molar-refractivity contribution in [3.63, 3.8) is 0 Å². The number of nitrogens with zero attached hydrogens (tertiary/aromatic N) is 1. The van der Waals surface area contributed by atoms with E-state index in [-0.39, 0.29) is 12.1 Å². The van der Waals surface area contributed by atoms with Crippen molar-refractivity contribution in [1.29, 1.82) is 0 Å². The van der Waals surface area contributed by atoms with Crippen LogP contribution in [-0.4, -0.2) is 24.2 Å². The first-order valence-corrected chi connectivity index (χ1v) is 6.86. The number of ether oxygens (including phenoxy) is 1. The summed E-state index contributed by atoms with van der Waals surface area (Å²) in [5, 5.41) is 5.82. The maximum Gasteiger partial charge on any atom is 0.319 e. The first-order chi connectivity index (χ1) is 9.29. The molecule has 5 heteroatoms. The van der Waals surface area contributed by atoms with Gasteiger partial charge in [0.05, 0.1) is 7.11 Å². The van der Waals surface area contributed by atoms with Crippen LogP contribution in [0.1, 0.15) is 38.5 Å². The van der Waals surface area contributed by atoms with Crippen LogP contribution >= 0.6 is 0 Å². The van der Waals surface area contributed by atoms with Gasteiger partial charge in [0.25, 0.3) is 0 Å². The number of carbonyl (C=O) groups excluding carboxylic acids is 1. The zero-order chi connectivity index (χ0) is 13.5. The average Bonchev–Trinajstić information content (AvgIpc) is 2.68. The molecule has 0 spiro atoms. The van der Waals surface area contributed by atoms with Gasteiger partial charge < -0.3 is 15.4 Å². The van der Waals surface area contributed by atoms with Gasteiger partial charge in [-0.25, -0.2) is 9.78 Å². The number of hydrogen-bond acceptors (Lipinski definition) is 3. The molecule has 0 atom stereocenters. The fraction of sp³-hybridized carbons (Fsp3) is 0.571. The van der Waals surface area contributed by atoms with E-state index < -0.39 is 0 Å². The topological polar surface area (TPSA) is 63.2 Å². The first kappa shape index (κ1) is 13.6. The van der Waals surface area contributed by atoms with Crippen molar-refractivity contribution < 1.29 is 9.53 Å². The predicted octanol–water partition coefficient (Wildman–Crippen LogP) is 2.93. The molecule has 104 valence electrons. The van der Waals surface area contributed by atoms with Crippen molar-refractivity contribution in [3.05, 3.63) is 18.3 Å². The van der Waals surface area contributed by atoms with E-state index in [0.717, 1.165) is 12.8 Å². The third-order valence-corrected chi connectivity index (χ3v) is 3.40. The molecule has 0 saturated heterocycles. The van der Waals surface area contributed by atoms with Gasteiger partial charge in [0.1, 0.15) is 5.69 Å². The van der Waals surface area contributed by atoms with Crippen LogP contribution in [0.25, 0.3) is 0 Å². The van der Waals surface area contributed by atoms with Gasteiger partial charge in [-0.1, -0.05) is 25.7 Å². The molecular weight excluding hydrogens is 242 g/mol. The number of hydrogen-bond donors (Lipinski definition) is 2. The summed E-state index contributed by atoms with van der Waals surface area (Å²) in [6, 6.07) is 3.64. The van der Waals surface area contributed by atoms with Gasteiger partial charge in [-0.05, 0) is 25.0 Å². The second-order valence-electron chi connectivity index (χ2n) is 4.85. The SMILES string of the molecule is COc1ncccc1NC(=O)NC1CCCCCC1. The van der Waals surface area contributed by atoms with Gasteiger partial charge in [0.2, 0.25) is 5.88 Å². The summed E-state index contributed by atoms with van der Waals surface area (Å²) in [7, 11) is 1.54. The maximum absolute atomic E-state index is 12.0. The molecule has 1 saturated carbocycles. The number of amides is 2. The van der Waals surface area contributed by atoms with E-state index in [1.165, 1.54) is 32.8 Å². The summed E-state index contributed by atoms with van der Waals surface area (Å²) in [5.74, 6) is 0.429. The van der Waals surface area contributed by atoms with Crippen LogP contribution < -0.4 is 15.4 Å². The van der Waals surface area contributed by atoms with Crippen LogP contribution in [0.3, 0.4) is 0 Å². The van der Waals surface area contributed by atoms with Crippen molar-refractivity contribution in [2.24, 2.45) is 0 Å². The molecule has 1 fully saturated rings. The molecule has 0 aliphatic heterocycles. The Morgan fingerprint density at radius 2 is 2.05 bits per heavy atom. The van der Waals surface area contributed by atoms with Crippen LogP contribution in [0.4, 0.5) is 10.5 Å². The van der Waals surface area contributed by atoms with Crippen molar-refractivity contribution in [1.82, 2.24) is 10.3 Å². The van der Waals surface area contributed by atoms with Crippen molar-refractivity contribution in [2.45, 2.75) is 44.6 Å². The fourth-order valence-corrected chi connectivity index (χ4v) is 2.42. The Morgan fingerprint density at radius 1 is 1.32 bits per heavy atom. The van der Waals surface area contributed by atoms with Gasteiger partial charge >= 0.3 is 6.03 Å². The molecule has 0 aromatic carbocycles. The molecule has 2 N–H and O–H groups in total. The van der Waals surface area contributed by atoms with E-state index in [9.17, 15) is 4.79 Å². The highest BCUT2D eigenvalue weighted by molar-refractivity contribution is 5.90. The lowest BCUT2D eigenvalue weighted by atomic mass is 10.1. The molecule has 1 heterocycles. The van der Waals surface area contributed by atoms with Crippen LogP contribution in [0.15, 0.2) is 18.3 Å². The van der Waals surface area contributed by atoms with E-state index in [0.29, 0.717) is 11.6 Å². The first-order valence-electron chi connectivity index (χ1n) is 6.86. The van der Waals surface area contributed by atoms with E-state index in [4.69, 9.17) is 4.74 Å². The number of rotatable bonds is 3. The molecule has 0 unspecified atom stereocenters. The number of nitrogens with one attached hydrogen (secondary N) is 2. The number of urea groups is 1. The van der Waals surface area contributed by atoms with Gasteiger partial charge in [0, 0.05) is 12.2 Å². The smallest absolute Gasteiger partial charge is 0.319 e. The predicted molar refractivity (Wildman–Crippen MR) is 74.4 cm³/mol. The van der Waals surface area contributed by atoms with Crippen LogP contribution in [0.5, 0.6) is 5.88 Å². The Labute approximate surface area is 113 Å². The molecule has 5 nitrogen and oxygen atoms in total.